The molecule has 3 aliphatic rings. The molecule has 0 radical (unpaired) electrons. The molecule has 2 saturated heterocycles. The summed E-state index contributed by atoms with van der Waals surface area (Å²) in [5.41, 5.74) is 1.34. The molecule has 2 amide bonds. The van der Waals surface area contributed by atoms with Gasteiger partial charge in [0.05, 0.1) is 31.3 Å². The summed E-state index contributed by atoms with van der Waals surface area (Å²) in [7, 11) is -1.90. The molecule has 2 fully saturated rings. The Kier molecular flexibility index (Phi) is 7.91. The van der Waals surface area contributed by atoms with E-state index >= 15 is 0 Å². The number of aliphatic carboxylic acids is 1. The number of carboxylic acid groups (broad SMARTS) is 1. The number of fused-ring (bicyclic) bond motifs is 1. The lowest BCUT2D eigenvalue weighted by Crippen LogP contribution is -2.64. The Hall–Kier alpha value is -2.95. The number of nitrogens with zero attached hydrogens (tertiary/aromatic N) is 2. The fourth-order valence-electron chi connectivity index (χ4n) is 5.59. The minimum atomic E-state index is -1.90. The summed E-state index contributed by atoms with van der Waals surface area (Å²) < 4.78 is 17.2. The van der Waals surface area contributed by atoms with Gasteiger partial charge in [0.2, 0.25) is 5.91 Å². The number of rotatable bonds is 10. The van der Waals surface area contributed by atoms with Crippen molar-refractivity contribution < 1.29 is 33.4 Å². The quantitative estimate of drug-likeness (QED) is 0.283. The second kappa shape index (κ2) is 10.8. The predicted molar refractivity (Wildman–Crippen MR) is 140 cm³/mol. The van der Waals surface area contributed by atoms with Crippen LogP contribution in [0.2, 0.25) is 19.6 Å². The van der Waals surface area contributed by atoms with Gasteiger partial charge in [-0.1, -0.05) is 18.2 Å². The van der Waals surface area contributed by atoms with Crippen molar-refractivity contribution in [3.63, 3.8) is 0 Å². The molecule has 0 aliphatic carbocycles. The third-order valence-corrected chi connectivity index (χ3v) is 8.11. The van der Waals surface area contributed by atoms with Gasteiger partial charge >= 0.3 is 5.97 Å². The van der Waals surface area contributed by atoms with Gasteiger partial charge in [-0.2, -0.15) is 0 Å². The largest absolute Gasteiger partial charge is 0.484 e. The van der Waals surface area contributed by atoms with Crippen molar-refractivity contribution in [2.24, 2.45) is 11.8 Å². The van der Waals surface area contributed by atoms with Crippen LogP contribution in [-0.2, 0) is 23.5 Å². The second-order valence-corrected chi connectivity index (χ2v) is 15.1. The number of carbonyl (C=O) groups is 3. The normalized spacial score (nSPS) is 24.4. The lowest BCUT2D eigenvalue weighted by Gasteiger charge is -2.49. The van der Waals surface area contributed by atoms with Crippen molar-refractivity contribution in [3.8, 4) is 5.75 Å². The van der Waals surface area contributed by atoms with Crippen molar-refractivity contribution >= 4 is 31.7 Å². The van der Waals surface area contributed by atoms with Crippen LogP contribution in [0.5, 0.6) is 5.75 Å². The van der Waals surface area contributed by atoms with Gasteiger partial charge in [-0.05, 0) is 56.3 Å². The van der Waals surface area contributed by atoms with E-state index in [1.807, 2.05) is 6.92 Å². The molecular weight excluding hydrogens is 492 g/mol. The first kappa shape index (κ1) is 27.1. The van der Waals surface area contributed by atoms with Crippen LogP contribution in [0.3, 0.4) is 0 Å². The number of morpholine rings is 1. The number of carboxylic acids is 1. The monoisotopic (exact) mass is 528 g/mol. The highest BCUT2D eigenvalue weighted by Crippen LogP contribution is 2.52. The smallest absolute Gasteiger partial charge is 0.352 e. The number of ether oxygens (including phenoxy) is 2. The van der Waals surface area contributed by atoms with E-state index < -0.39 is 20.2 Å². The van der Waals surface area contributed by atoms with Crippen LogP contribution in [0.25, 0.3) is 5.57 Å². The zero-order chi connectivity index (χ0) is 26.9. The molecule has 1 aromatic carbocycles. The fourth-order valence-corrected chi connectivity index (χ4v) is 6.85. The summed E-state index contributed by atoms with van der Waals surface area (Å²) in [6.07, 6.45) is 2.00. The highest BCUT2D eigenvalue weighted by Gasteiger charge is 2.61. The van der Waals surface area contributed by atoms with Crippen LogP contribution in [0.1, 0.15) is 18.9 Å². The van der Waals surface area contributed by atoms with Crippen molar-refractivity contribution in [1.82, 2.24) is 9.80 Å². The van der Waals surface area contributed by atoms with Crippen molar-refractivity contribution in [2.45, 2.75) is 45.1 Å². The Balaban J connectivity index is 1.55. The Morgan fingerprint density at radius 3 is 2.43 bits per heavy atom. The van der Waals surface area contributed by atoms with Crippen molar-refractivity contribution in [1.29, 1.82) is 0 Å². The number of hydrogen-bond acceptors (Lipinski definition) is 6. The van der Waals surface area contributed by atoms with Gasteiger partial charge in [0.25, 0.3) is 5.91 Å². The van der Waals surface area contributed by atoms with Gasteiger partial charge in [0.15, 0.2) is 14.9 Å². The van der Waals surface area contributed by atoms with E-state index in [1.165, 1.54) is 4.90 Å². The Morgan fingerprint density at radius 2 is 1.86 bits per heavy atom. The Bertz CT molecular complexity index is 1090. The second-order valence-electron chi connectivity index (χ2n) is 10.7. The highest BCUT2D eigenvalue weighted by molar-refractivity contribution is 6.69. The topological polar surface area (TPSA) is 106 Å². The molecule has 1 aromatic rings. The van der Waals surface area contributed by atoms with E-state index in [0.717, 1.165) is 0 Å². The maximum absolute atomic E-state index is 13.2. The van der Waals surface area contributed by atoms with Gasteiger partial charge in [0.1, 0.15) is 11.4 Å². The third kappa shape index (κ3) is 5.51. The van der Waals surface area contributed by atoms with Crippen LogP contribution in [-0.4, -0.2) is 86.1 Å². The third-order valence-electron chi connectivity index (χ3n) is 7.03. The molecule has 0 bridgehead atoms. The van der Waals surface area contributed by atoms with E-state index in [1.54, 1.807) is 35.2 Å². The first-order valence-corrected chi connectivity index (χ1v) is 16.1. The summed E-state index contributed by atoms with van der Waals surface area (Å²) >= 11 is 0. The van der Waals surface area contributed by atoms with E-state index in [2.05, 4.69) is 26.2 Å². The molecule has 37 heavy (non-hydrogen) atoms. The molecule has 3 aliphatic heterocycles. The van der Waals surface area contributed by atoms with Crippen LogP contribution in [0, 0.1) is 11.8 Å². The molecule has 200 valence electrons. The van der Waals surface area contributed by atoms with Gasteiger partial charge in [-0.3, -0.25) is 9.59 Å². The minimum Gasteiger partial charge on any atom is -0.484 e. The number of amides is 2. The molecule has 4 atom stereocenters. The van der Waals surface area contributed by atoms with Gasteiger partial charge in [-0.15, -0.1) is 6.58 Å². The maximum atomic E-state index is 13.2. The standard InChI is InChI=1S/C27H36N2O7Si/c1-6-7-20-23(18-8-10-19(11-9-18)35-16-21(30)28-12-14-34-15-13-28)25(27(32)33)29-24(20)22(26(29)31)17(2)36-37(3,4)5/h6,8-11,17,20,22,24H,1,7,12-16H2,2-5H3,(H,32,33)/t17-,20?,22-,24-/m1/s1. The van der Waals surface area contributed by atoms with Crippen molar-refractivity contribution in [2.75, 3.05) is 32.9 Å². The first-order chi connectivity index (χ1) is 17.5. The summed E-state index contributed by atoms with van der Waals surface area (Å²) in [5, 5.41) is 10.1. The van der Waals surface area contributed by atoms with E-state index in [-0.39, 0.29) is 42.2 Å². The molecule has 4 rings (SSSR count). The molecule has 3 heterocycles. The first-order valence-electron chi connectivity index (χ1n) is 12.7. The number of hydrogen-bond donors (Lipinski definition) is 1. The molecule has 0 saturated carbocycles. The number of carbonyl (C=O) groups excluding carboxylic acids is 2. The number of benzene rings is 1. The Labute approximate surface area is 218 Å². The molecule has 10 heteroatoms. The lowest BCUT2D eigenvalue weighted by molar-refractivity contribution is -0.162. The summed E-state index contributed by atoms with van der Waals surface area (Å²) in [6.45, 7) is 14.1. The zero-order valence-electron chi connectivity index (χ0n) is 21.9. The Morgan fingerprint density at radius 1 is 1.22 bits per heavy atom. The van der Waals surface area contributed by atoms with Crippen LogP contribution < -0.4 is 4.74 Å². The summed E-state index contributed by atoms with van der Waals surface area (Å²) in [4.78, 5) is 41.1. The average Bonchev–Trinajstić information content (AvgIpc) is 3.13. The van der Waals surface area contributed by atoms with E-state index in [0.29, 0.717) is 49.6 Å². The predicted octanol–water partition coefficient (Wildman–Crippen LogP) is 2.99. The number of allylic oxidation sites excluding steroid dienone is 1. The van der Waals surface area contributed by atoms with Crippen molar-refractivity contribution in [3.05, 3.63) is 48.2 Å². The number of β-lactam (4-membered cyclic amide) rings is 1. The summed E-state index contributed by atoms with van der Waals surface area (Å²) in [6, 6.07) is 6.74. The molecule has 0 spiro atoms. The van der Waals surface area contributed by atoms with E-state index in [4.69, 9.17) is 13.9 Å². The van der Waals surface area contributed by atoms with E-state index in [9.17, 15) is 19.5 Å². The minimum absolute atomic E-state index is 0.0227. The zero-order valence-corrected chi connectivity index (χ0v) is 22.9. The van der Waals surface area contributed by atoms with Crippen LogP contribution in [0.15, 0.2) is 42.6 Å². The molecule has 1 N–H and O–H groups in total. The SMILES string of the molecule is C=CCC1C(c2ccc(OCC(=O)N3CCOCC3)cc2)=C(C(=O)O)N2C(=O)[C@H]([C@@H](C)O[Si](C)(C)C)[C@@H]12. The maximum Gasteiger partial charge on any atom is 0.352 e. The highest BCUT2D eigenvalue weighted by atomic mass is 28.4. The van der Waals surface area contributed by atoms with Gasteiger partial charge in [0, 0.05) is 19.0 Å². The molecular formula is C27H36N2O7Si. The molecule has 9 nitrogen and oxygen atoms in total. The van der Waals surface area contributed by atoms with Gasteiger partial charge < -0.3 is 28.8 Å². The molecule has 1 unspecified atom stereocenters. The fraction of sp³-hybridized carbons (Fsp3) is 0.519. The van der Waals surface area contributed by atoms with Crippen LogP contribution in [0.4, 0.5) is 0 Å². The van der Waals surface area contributed by atoms with Crippen LogP contribution >= 0.6 is 0 Å². The molecule has 0 aromatic heterocycles. The average molecular weight is 529 g/mol. The summed E-state index contributed by atoms with van der Waals surface area (Å²) in [5.74, 6) is -1.55. The van der Waals surface area contributed by atoms with Gasteiger partial charge in [-0.25, -0.2) is 4.79 Å². The lowest BCUT2D eigenvalue weighted by atomic mass is 9.74.